The summed E-state index contributed by atoms with van der Waals surface area (Å²) in [7, 11) is -3.60. The van der Waals surface area contributed by atoms with E-state index in [0.29, 0.717) is 10.7 Å². The first kappa shape index (κ1) is 17.8. The van der Waals surface area contributed by atoms with Crippen LogP contribution in [0.1, 0.15) is 35.4 Å². The summed E-state index contributed by atoms with van der Waals surface area (Å²) in [4.78, 5) is 11.2. The molecule has 0 radical (unpaired) electrons. The van der Waals surface area contributed by atoms with Crippen LogP contribution >= 0.6 is 0 Å². The van der Waals surface area contributed by atoms with E-state index in [0.717, 1.165) is 48.4 Å². The minimum absolute atomic E-state index is 0.0797. The molecule has 1 aromatic carbocycles. The summed E-state index contributed by atoms with van der Waals surface area (Å²) in [5.41, 5.74) is 2.78. The van der Waals surface area contributed by atoms with E-state index in [9.17, 15) is 8.42 Å². The lowest BCUT2D eigenvalue weighted by Crippen LogP contribution is -2.26. The summed E-state index contributed by atoms with van der Waals surface area (Å²) in [5, 5.41) is 0. The molecule has 1 aliphatic rings. The number of hydrogen-bond acceptors (Lipinski definition) is 5. The highest BCUT2D eigenvalue weighted by molar-refractivity contribution is 7.89. The minimum atomic E-state index is -3.60. The summed E-state index contributed by atoms with van der Waals surface area (Å²) in [6.45, 7) is 7.76. The van der Waals surface area contributed by atoms with Gasteiger partial charge >= 0.3 is 0 Å². The molecule has 0 spiro atoms. The van der Waals surface area contributed by atoms with Crippen molar-refractivity contribution in [2.24, 2.45) is 0 Å². The number of sulfonamides is 1. The van der Waals surface area contributed by atoms with Gasteiger partial charge in [-0.3, -0.25) is 0 Å². The molecule has 134 valence electrons. The van der Waals surface area contributed by atoms with Crippen LogP contribution in [0.15, 0.2) is 29.3 Å². The van der Waals surface area contributed by atoms with E-state index in [-0.39, 0.29) is 6.54 Å². The molecule has 1 N–H and O–H groups in total. The number of nitrogens with one attached hydrogen (secondary N) is 1. The van der Waals surface area contributed by atoms with Crippen molar-refractivity contribution in [2.75, 3.05) is 18.0 Å². The van der Waals surface area contributed by atoms with Crippen molar-refractivity contribution in [2.45, 2.75) is 45.1 Å². The molecular weight excluding hydrogens is 336 g/mol. The van der Waals surface area contributed by atoms with Crippen molar-refractivity contribution in [3.05, 3.63) is 46.9 Å². The topological polar surface area (TPSA) is 75.2 Å². The number of aromatic nitrogens is 2. The molecule has 1 saturated heterocycles. The highest BCUT2D eigenvalue weighted by atomic mass is 32.2. The Bertz CT molecular complexity index is 875. The summed E-state index contributed by atoms with van der Waals surface area (Å²) in [6, 6.07) is 5.49. The fraction of sp³-hybridized carbons (Fsp3) is 0.444. The average molecular weight is 360 g/mol. The number of aryl methyl sites for hydroxylation is 3. The van der Waals surface area contributed by atoms with Crippen LogP contribution in [-0.4, -0.2) is 31.5 Å². The van der Waals surface area contributed by atoms with Gasteiger partial charge in [-0.25, -0.2) is 23.1 Å². The SMILES string of the molecule is Cc1cc(C)c(S(=O)(=O)NCc2nccc(N3CCCC3)n2)cc1C. The first-order valence-electron chi connectivity index (χ1n) is 8.51. The van der Waals surface area contributed by atoms with E-state index < -0.39 is 10.0 Å². The van der Waals surface area contributed by atoms with Gasteiger partial charge in [-0.2, -0.15) is 0 Å². The van der Waals surface area contributed by atoms with Crippen molar-refractivity contribution in [3.63, 3.8) is 0 Å². The Hall–Kier alpha value is -1.99. The van der Waals surface area contributed by atoms with Crippen molar-refractivity contribution in [1.29, 1.82) is 0 Å². The predicted octanol–water partition coefficient (Wildman–Crippen LogP) is 2.48. The third-order valence-electron chi connectivity index (χ3n) is 4.62. The van der Waals surface area contributed by atoms with E-state index in [1.54, 1.807) is 12.3 Å². The fourth-order valence-electron chi connectivity index (χ4n) is 3.06. The van der Waals surface area contributed by atoms with Gasteiger partial charge in [0.05, 0.1) is 11.4 Å². The maximum atomic E-state index is 12.7. The third-order valence-corrected chi connectivity index (χ3v) is 6.17. The van der Waals surface area contributed by atoms with Crippen molar-refractivity contribution in [1.82, 2.24) is 14.7 Å². The molecule has 0 aliphatic carbocycles. The average Bonchev–Trinajstić information content (AvgIpc) is 3.11. The third kappa shape index (κ3) is 3.99. The maximum Gasteiger partial charge on any atom is 0.241 e. The zero-order chi connectivity index (χ0) is 18.0. The van der Waals surface area contributed by atoms with Crippen LogP contribution in [0.3, 0.4) is 0 Å². The Morgan fingerprint density at radius 1 is 1.08 bits per heavy atom. The van der Waals surface area contributed by atoms with Gasteiger partial charge in [0.1, 0.15) is 11.6 Å². The molecule has 7 heteroatoms. The number of hydrogen-bond donors (Lipinski definition) is 1. The number of anilines is 1. The number of rotatable bonds is 5. The molecule has 25 heavy (non-hydrogen) atoms. The second-order valence-electron chi connectivity index (χ2n) is 6.55. The molecule has 1 aromatic heterocycles. The summed E-state index contributed by atoms with van der Waals surface area (Å²) in [5.74, 6) is 1.35. The molecule has 1 aliphatic heterocycles. The van der Waals surface area contributed by atoms with E-state index in [4.69, 9.17) is 0 Å². The van der Waals surface area contributed by atoms with E-state index in [1.165, 1.54) is 0 Å². The first-order chi connectivity index (χ1) is 11.9. The fourth-order valence-corrected chi connectivity index (χ4v) is 4.35. The molecule has 1 fully saturated rings. The lowest BCUT2D eigenvalue weighted by Gasteiger charge is -2.16. The normalized spacial score (nSPS) is 14.9. The van der Waals surface area contributed by atoms with Gasteiger partial charge in [0.25, 0.3) is 0 Å². The molecule has 6 nitrogen and oxygen atoms in total. The Balaban J connectivity index is 1.76. The highest BCUT2D eigenvalue weighted by Gasteiger charge is 2.19. The monoisotopic (exact) mass is 360 g/mol. The van der Waals surface area contributed by atoms with Gasteiger partial charge in [-0.05, 0) is 62.4 Å². The molecule has 0 atom stereocenters. The van der Waals surface area contributed by atoms with Crippen LogP contribution in [0, 0.1) is 20.8 Å². The molecule has 3 rings (SSSR count). The van der Waals surface area contributed by atoms with Crippen molar-refractivity contribution in [3.8, 4) is 0 Å². The van der Waals surface area contributed by atoms with E-state index >= 15 is 0 Å². The highest BCUT2D eigenvalue weighted by Crippen LogP contribution is 2.20. The van der Waals surface area contributed by atoms with Crippen LogP contribution in [0.2, 0.25) is 0 Å². The van der Waals surface area contributed by atoms with E-state index in [2.05, 4.69) is 19.6 Å². The molecule has 0 amide bonds. The van der Waals surface area contributed by atoms with Crippen LogP contribution in [0.5, 0.6) is 0 Å². The zero-order valence-electron chi connectivity index (χ0n) is 14.9. The Morgan fingerprint density at radius 2 is 1.76 bits per heavy atom. The van der Waals surface area contributed by atoms with Crippen LogP contribution in [0.25, 0.3) is 0 Å². The number of benzene rings is 1. The van der Waals surface area contributed by atoms with Crippen LogP contribution < -0.4 is 9.62 Å². The van der Waals surface area contributed by atoms with Gasteiger partial charge in [0.2, 0.25) is 10.0 Å². The van der Waals surface area contributed by atoms with Gasteiger partial charge in [0.15, 0.2) is 0 Å². The minimum Gasteiger partial charge on any atom is -0.357 e. The Kier molecular flexibility index (Phi) is 5.06. The molecule has 2 heterocycles. The largest absolute Gasteiger partial charge is 0.357 e. The standard InChI is InChI=1S/C18H24N4O2S/c1-13-10-15(3)16(11-14(13)2)25(23,24)20-12-17-19-7-6-18(21-17)22-8-4-5-9-22/h6-7,10-11,20H,4-5,8-9,12H2,1-3H3. The second-order valence-corrected chi connectivity index (χ2v) is 8.29. The number of nitrogens with zero attached hydrogens (tertiary/aromatic N) is 3. The quantitative estimate of drug-likeness (QED) is 0.887. The van der Waals surface area contributed by atoms with Crippen LogP contribution in [-0.2, 0) is 16.6 Å². The molecular formula is C18H24N4O2S. The van der Waals surface area contributed by atoms with Gasteiger partial charge in [0, 0.05) is 19.3 Å². The van der Waals surface area contributed by atoms with Crippen molar-refractivity contribution < 1.29 is 8.42 Å². The van der Waals surface area contributed by atoms with Gasteiger partial charge < -0.3 is 4.90 Å². The van der Waals surface area contributed by atoms with Gasteiger partial charge in [-0.1, -0.05) is 6.07 Å². The van der Waals surface area contributed by atoms with Gasteiger partial charge in [-0.15, -0.1) is 0 Å². The van der Waals surface area contributed by atoms with Crippen molar-refractivity contribution >= 4 is 15.8 Å². The zero-order valence-corrected chi connectivity index (χ0v) is 15.7. The van der Waals surface area contributed by atoms with Crippen LogP contribution in [0.4, 0.5) is 5.82 Å². The maximum absolute atomic E-state index is 12.7. The predicted molar refractivity (Wildman–Crippen MR) is 98.2 cm³/mol. The molecule has 0 saturated carbocycles. The molecule has 0 unspecified atom stereocenters. The first-order valence-corrected chi connectivity index (χ1v) is 9.99. The summed E-state index contributed by atoms with van der Waals surface area (Å²) in [6.07, 6.45) is 4.02. The summed E-state index contributed by atoms with van der Waals surface area (Å²) >= 11 is 0. The molecule has 2 aromatic rings. The Morgan fingerprint density at radius 3 is 2.48 bits per heavy atom. The lowest BCUT2D eigenvalue weighted by atomic mass is 10.1. The lowest BCUT2D eigenvalue weighted by molar-refractivity contribution is 0.578. The molecule has 0 bridgehead atoms. The second kappa shape index (κ2) is 7.09. The Labute approximate surface area is 149 Å². The summed E-state index contributed by atoms with van der Waals surface area (Å²) < 4.78 is 27.9. The van der Waals surface area contributed by atoms with E-state index in [1.807, 2.05) is 32.9 Å². The smallest absolute Gasteiger partial charge is 0.241 e.